The van der Waals surface area contributed by atoms with Gasteiger partial charge in [-0.25, -0.2) is 4.39 Å². The van der Waals surface area contributed by atoms with Crippen molar-refractivity contribution in [3.63, 3.8) is 0 Å². The Kier molecular flexibility index (Phi) is 2.88. The van der Waals surface area contributed by atoms with E-state index in [1.54, 1.807) is 6.07 Å². The fourth-order valence-electron chi connectivity index (χ4n) is 1.90. The zero-order valence-corrected chi connectivity index (χ0v) is 9.70. The molecule has 1 aromatic carbocycles. The molecular formula is C11H13BrFN. The molecule has 1 fully saturated rings. The van der Waals surface area contributed by atoms with Crippen molar-refractivity contribution in [2.45, 2.75) is 25.8 Å². The lowest BCUT2D eigenvalue weighted by molar-refractivity contribution is 0.557. The van der Waals surface area contributed by atoms with Crippen LogP contribution in [-0.2, 0) is 0 Å². The quantitative estimate of drug-likeness (QED) is 0.814. The summed E-state index contributed by atoms with van der Waals surface area (Å²) >= 11 is 3.33. The summed E-state index contributed by atoms with van der Waals surface area (Å²) in [6.07, 6.45) is 2.18. The van der Waals surface area contributed by atoms with Crippen LogP contribution in [0.15, 0.2) is 16.6 Å². The lowest BCUT2D eigenvalue weighted by Crippen LogP contribution is -2.14. The molecule has 1 aliphatic rings. The topological polar surface area (TPSA) is 12.0 Å². The maximum Gasteiger partial charge on any atom is 0.129 e. The molecule has 0 radical (unpaired) electrons. The fourth-order valence-corrected chi connectivity index (χ4v) is 2.21. The maximum absolute atomic E-state index is 13.6. The third-order valence-electron chi connectivity index (χ3n) is 2.71. The SMILES string of the molecule is Cc1cc(C2CCCN2)c(F)cc1Br. The van der Waals surface area contributed by atoms with E-state index in [1.165, 1.54) is 0 Å². The highest BCUT2D eigenvalue weighted by molar-refractivity contribution is 9.10. The molecule has 1 saturated heterocycles. The summed E-state index contributed by atoms with van der Waals surface area (Å²) in [7, 11) is 0. The summed E-state index contributed by atoms with van der Waals surface area (Å²) < 4.78 is 14.5. The third-order valence-corrected chi connectivity index (χ3v) is 3.57. The Balaban J connectivity index is 2.37. The summed E-state index contributed by atoms with van der Waals surface area (Å²) in [5.41, 5.74) is 1.90. The molecule has 14 heavy (non-hydrogen) atoms. The van der Waals surface area contributed by atoms with Crippen molar-refractivity contribution < 1.29 is 4.39 Å². The van der Waals surface area contributed by atoms with Gasteiger partial charge in [0.1, 0.15) is 5.82 Å². The summed E-state index contributed by atoms with van der Waals surface area (Å²) in [5, 5.41) is 3.31. The van der Waals surface area contributed by atoms with Gasteiger partial charge in [0.25, 0.3) is 0 Å². The molecular weight excluding hydrogens is 245 g/mol. The molecule has 0 saturated carbocycles. The van der Waals surface area contributed by atoms with Gasteiger partial charge in [-0.3, -0.25) is 0 Å². The molecule has 1 unspecified atom stereocenters. The molecule has 2 rings (SSSR count). The number of rotatable bonds is 1. The first kappa shape index (κ1) is 10.1. The highest BCUT2D eigenvalue weighted by Crippen LogP contribution is 2.29. The van der Waals surface area contributed by atoms with Gasteiger partial charge < -0.3 is 5.32 Å². The molecule has 3 heteroatoms. The third kappa shape index (κ3) is 1.84. The molecule has 1 nitrogen and oxygen atoms in total. The van der Waals surface area contributed by atoms with Crippen molar-refractivity contribution in [3.05, 3.63) is 33.5 Å². The molecule has 0 spiro atoms. The smallest absolute Gasteiger partial charge is 0.129 e. The molecule has 0 bridgehead atoms. The number of nitrogens with one attached hydrogen (secondary N) is 1. The second kappa shape index (κ2) is 3.99. The maximum atomic E-state index is 13.6. The van der Waals surface area contributed by atoms with E-state index in [2.05, 4.69) is 21.2 Å². The van der Waals surface area contributed by atoms with Gasteiger partial charge in [0.2, 0.25) is 0 Å². The Morgan fingerprint density at radius 3 is 2.93 bits per heavy atom. The van der Waals surface area contributed by atoms with Gasteiger partial charge >= 0.3 is 0 Å². The van der Waals surface area contributed by atoms with Crippen molar-refractivity contribution in [1.82, 2.24) is 5.32 Å². The predicted molar refractivity (Wildman–Crippen MR) is 58.8 cm³/mol. The van der Waals surface area contributed by atoms with Crippen LogP contribution in [0.1, 0.15) is 30.0 Å². The summed E-state index contributed by atoms with van der Waals surface area (Å²) in [6.45, 7) is 2.99. The lowest BCUT2D eigenvalue weighted by Gasteiger charge is -2.13. The zero-order chi connectivity index (χ0) is 10.1. The van der Waals surface area contributed by atoms with Gasteiger partial charge in [-0.05, 0) is 37.9 Å². The largest absolute Gasteiger partial charge is 0.310 e. The van der Waals surface area contributed by atoms with Gasteiger partial charge in [0.15, 0.2) is 0 Å². The minimum Gasteiger partial charge on any atom is -0.310 e. The summed E-state index contributed by atoms with van der Waals surface area (Å²) in [5.74, 6) is -0.109. The van der Waals surface area contributed by atoms with Crippen molar-refractivity contribution in [2.75, 3.05) is 6.54 Å². The van der Waals surface area contributed by atoms with Crippen molar-refractivity contribution >= 4 is 15.9 Å². The second-order valence-electron chi connectivity index (χ2n) is 3.77. The molecule has 1 atom stereocenters. The normalized spacial score (nSPS) is 21.5. The molecule has 1 N–H and O–H groups in total. The van der Waals surface area contributed by atoms with E-state index in [9.17, 15) is 4.39 Å². The first-order valence-electron chi connectivity index (χ1n) is 4.87. The van der Waals surface area contributed by atoms with Gasteiger partial charge in [-0.15, -0.1) is 0 Å². The highest BCUT2D eigenvalue weighted by atomic mass is 79.9. The Morgan fingerprint density at radius 1 is 1.50 bits per heavy atom. The van der Waals surface area contributed by atoms with Crippen LogP contribution in [0.2, 0.25) is 0 Å². The van der Waals surface area contributed by atoms with Gasteiger partial charge in [0.05, 0.1) is 0 Å². The number of halogens is 2. The average molecular weight is 258 g/mol. The summed E-state index contributed by atoms with van der Waals surface area (Å²) in [4.78, 5) is 0. The molecule has 0 aromatic heterocycles. The van der Waals surface area contributed by atoms with E-state index in [1.807, 2.05) is 13.0 Å². The van der Waals surface area contributed by atoms with Crippen LogP contribution in [0, 0.1) is 12.7 Å². The van der Waals surface area contributed by atoms with Crippen molar-refractivity contribution in [3.8, 4) is 0 Å². The van der Waals surface area contributed by atoms with Crippen LogP contribution in [0.25, 0.3) is 0 Å². The lowest BCUT2D eigenvalue weighted by atomic mass is 10.0. The predicted octanol–water partition coefficient (Wildman–Crippen LogP) is 3.32. The fraction of sp³-hybridized carbons (Fsp3) is 0.455. The van der Waals surface area contributed by atoms with E-state index in [-0.39, 0.29) is 11.9 Å². The van der Waals surface area contributed by atoms with E-state index in [0.717, 1.165) is 35.0 Å². The Morgan fingerprint density at radius 2 is 2.29 bits per heavy atom. The standard InChI is InChI=1S/C11H13BrFN/c1-7-5-8(10(13)6-9(7)12)11-3-2-4-14-11/h5-6,11,14H,2-4H2,1H3. The molecule has 76 valence electrons. The average Bonchev–Trinajstić information content (AvgIpc) is 2.64. The molecule has 0 amide bonds. The zero-order valence-electron chi connectivity index (χ0n) is 8.11. The van der Waals surface area contributed by atoms with Gasteiger partial charge in [-0.1, -0.05) is 22.0 Å². The van der Waals surface area contributed by atoms with Gasteiger partial charge in [0, 0.05) is 16.1 Å². The Bertz CT molecular complexity index is 345. The van der Waals surface area contributed by atoms with Crippen LogP contribution >= 0.6 is 15.9 Å². The molecule has 1 heterocycles. The van der Waals surface area contributed by atoms with Crippen LogP contribution in [0.5, 0.6) is 0 Å². The monoisotopic (exact) mass is 257 g/mol. The van der Waals surface area contributed by atoms with Crippen molar-refractivity contribution in [2.24, 2.45) is 0 Å². The summed E-state index contributed by atoms with van der Waals surface area (Å²) in [6, 6.07) is 3.70. The van der Waals surface area contributed by atoms with Crippen molar-refractivity contribution in [1.29, 1.82) is 0 Å². The van der Waals surface area contributed by atoms with Crippen LogP contribution < -0.4 is 5.32 Å². The second-order valence-corrected chi connectivity index (χ2v) is 4.63. The minimum absolute atomic E-state index is 0.109. The molecule has 1 aliphatic heterocycles. The van der Waals surface area contributed by atoms with Crippen LogP contribution in [0.3, 0.4) is 0 Å². The van der Waals surface area contributed by atoms with E-state index < -0.39 is 0 Å². The Hall–Kier alpha value is -0.410. The minimum atomic E-state index is -0.109. The van der Waals surface area contributed by atoms with E-state index in [4.69, 9.17) is 0 Å². The van der Waals surface area contributed by atoms with E-state index >= 15 is 0 Å². The van der Waals surface area contributed by atoms with Gasteiger partial charge in [-0.2, -0.15) is 0 Å². The molecule has 0 aliphatic carbocycles. The Labute approximate surface area is 91.8 Å². The number of hydrogen-bond donors (Lipinski definition) is 1. The van der Waals surface area contributed by atoms with Crippen LogP contribution in [-0.4, -0.2) is 6.54 Å². The first-order valence-corrected chi connectivity index (χ1v) is 5.66. The number of aryl methyl sites for hydroxylation is 1. The molecule has 1 aromatic rings. The number of hydrogen-bond acceptors (Lipinski definition) is 1. The highest BCUT2D eigenvalue weighted by Gasteiger charge is 2.20. The number of benzene rings is 1. The van der Waals surface area contributed by atoms with Crippen LogP contribution in [0.4, 0.5) is 4.39 Å². The first-order chi connectivity index (χ1) is 6.68. The van der Waals surface area contributed by atoms with E-state index in [0.29, 0.717) is 0 Å².